The molecule has 0 spiro atoms. The van der Waals surface area contributed by atoms with Crippen molar-refractivity contribution in [3.63, 3.8) is 0 Å². The molecule has 2 aromatic carbocycles. The second kappa shape index (κ2) is 8.54. The Bertz CT molecular complexity index is 1210. The average molecular weight is 446 g/mol. The minimum atomic E-state index is -3.07. The molecule has 2 amide bonds. The van der Waals surface area contributed by atoms with Gasteiger partial charge >= 0.3 is 12.6 Å². The summed E-state index contributed by atoms with van der Waals surface area (Å²) in [6.07, 6.45) is -1.33. The van der Waals surface area contributed by atoms with Crippen molar-refractivity contribution in [2.75, 3.05) is 13.1 Å². The van der Waals surface area contributed by atoms with Crippen LogP contribution in [0, 0.1) is 6.92 Å². The summed E-state index contributed by atoms with van der Waals surface area (Å²) < 4.78 is 35.0. The van der Waals surface area contributed by atoms with Gasteiger partial charge in [0.15, 0.2) is 0 Å². The van der Waals surface area contributed by atoms with Crippen LogP contribution in [0.15, 0.2) is 40.8 Å². The normalized spacial score (nSPS) is 18.6. The topological polar surface area (TPSA) is 109 Å². The Morgan fingerprint density at radius 1 is 1.19 bits per heavy atom. The summed E-state index contributed by atoms with van der Waals surface area (Å²) in [5.74, 6) is -2.55. The number of carbonyl (C=O) groups is 3. The number of aryl methyl sites for hydroxylation is 1. The zero-order valence-corrected chi connectivity index (χ0v) is 17.0. The molecule has 4 rings (SSSR count). The number of furan rings is 1. The Morgan fingerprint density at radius 3 is 2.56 bits per heavy atom. The van der Waals surface area contributed by atoms with Crippen LogP contribution in [0.2, 0.25) is 0 Å². The Labute approximate surface area is 180 Å². The summed E-state index contributed by atoms with van der Waals surface area (Å²) >= 11 is 0. The number of carboxylic acid groups (broad SMARTS) is 1. The Kier molecular flexibility index (Phi) is 5.79. The molecule has 10 heteroatoms. The highest BCUT2D eigenvalue weighted by Crippen LogP contribution is 2.30. The predicted molar refractivity (Wildman–Crippen MR) is 109 cm³/mol. The summed E-state index contributed by atoms with van der Waals surface area (Å²) in [6.45, 7) is -1.89. The van der Waals surface area contributed by atoms with E-state index < -0.39 is 43.1 Å². The fourth-order valence-corrected chi connectivity index (χ4v) is 3.94. The summed E-state index contributed by atoms with van der Waals surface area (Å²) in [5.41, 5.74) is 2.63. The predicted octanol–water partition coefficient (Wildman–Crippen LogP) is 2.92. The average Bonchev–Trinajstić information content (AvgIpc) is 3.32. The van der Waals surface area contributed by atoms with Crippen molar-refractivity contribution in [1.82, 2.24) is 10.2 Å². The van der Waals surface area contributed by atoms with Crippen LogP contribution in [0.4, 0.5) is 8.78 Å². The van der Waals surface area contributed by atoms with Crippen LogP contribution in [0.3, 0.4) is 0 Å². The third-order valence-electron chi connectivity index (χ3n) is 5.45. The molecule has 1 fully saturated rings. The van der Waals surface area contributed by atoms with Crippen LogP contribution in [0.5, 0.6) is 0 Å². The molecule has 0 radical (unpaired) electrons. The van der Waals surface area contributed by atoms with E-state index in [2.05, 4.69) is 10.1 Å². The molecule has 0 aliphatic carbocycles. The van der Waals surface area contributed by atoms with Gasteiger partial charge in [-0.3, -0.25) is 9.59 Å². The molecule has 32 heavy (non-hydrogen) atoms. The second-order valence-corrected chi connectivity index (χ2v) is 7.65. The molecule has 8 nitrogen and oxygen atoms in total. The van der Waals surface area contributed by atoms with E-state index in [0.29, 0.717) is 16.7 Å². The molecule has 0 bridgehead atoms. The van der Waals surface area contributed by atoms with E-state index >= 15 is 0 Å². The summed E-state index contributed by atoms with van der Waals surface area (Å²) in [7, 11) is 0. The number of rotatable bonds is 6. The van der Waals surface area contributed by atoms with E-state index in [1.54, 1.807) is 18.2 Å². The first-order chi connectivity index (χ1) is 15.2. The first kappa shape index (κ1) is 21.7. The van der Waals surface area contributed by atoms with Crippen LogP contribution in [0.1, 0.15) is 22.3 Å². The van der Waals surface area contributed by atoms with Crippen LogP contribution >= 0.6 is 0 Å². The SMILES string of the molecule is Cc1ccc2oc3ccc(C(=O)NCC(=O)N4C[C@H](OC(F)F)C[C@H]4C(=O)O)cc3c2c1. The van der Waals surface area contributed by atoms with Gasteiger partial charge in [-0.2, -0.15) is 8.78 Å². The lowest BCUT2D eigenvalue weighted by Gasteiger charge is -2.21. The molecule has 1 saturated heterocycles. The van der Waals surface area contributed by atoms with Crippen LogP contribution in [0.25, 0.3) is 21.9 Å². The van der Waals surface area contributed by atoms with Gasteiger partial charge in [-0.05, 0) is 37.3 Å². The molecule has 2 heterocycles. The molecular formula is C22H20F2N2O6. The maximum atomic E-state index is 12.6. The maximum Gasteiger partial charge on any atom is 0.345 e. The van der Waals surface area contributed by atoms with Crippen molar-refractivity contribution in [3.8, 4) is 0 Å². The molecule has 168 valence electrons. The lowest BCUT2D eigenvalue weighted by Crippen LogP contribution is -2.45. The first-order valence-corrected chi connectivity index (χ1v) is 9.90. The van der Waals surface area contributed by atoms with Crippen molar-refractivity contribution in [3.05, 3.63) is 47.5 Å². The number of nitrogens with zero attached hydrogens (tertiary/aromatic N) is 1. The lowest BCUT2D eigenvalue weighted by molar-refractivity contribution is -0.160. The zero-order chi connectivity index (χ0) is 23.0. The van der Waals surface area contributed by atoms with E-state index in [0.717, 1.165) is 21.2 Å². The number of carboxylic acids is 1. The number of fused-ring (bicyclic) bond motifs is 3. The fraction of sp³-hybridized carbons (Fsp3) is 0.318. The van der Waals surface area contributed by atoms with Crippen molar-refractivity contribution in [1.29, 1.82) is 0 Å². The molecule has 3 aromatic rings. The Hall–Kier alpha value is -3.53. The number of nitrogens with one attached hydrogen (secondary N) is 1. The van der Waals surface area contributed by atoms with Gasteiger partial charge in [-0.25, -0.2) is 4.79 Å². The molecule has 1 aliphatic heterocycles. The summed E-state index contributed by atoms with van der Waals surface area (Å²) in [4.78, 5) is 37.4. The number of ether oxygens (including phenoxy) is 1. The van der Waals surface area contributed by atoms with Crippen LogP contribution in [-0.2, 0) is 14.3 Å². The van der Waals surface area contributed by atoms with E-state index in [1.165, 1.54) is 0 Å². The fourth-order valence-electron chi connectivity index (χ4n) is 3.94. The standard InChI is InChI=1S/C22H20F2N2O6/c1-11-2-4-17-14(6-11)15-7-12(3-5-18(15)32-17)20(28)25-9-19(27)26-10-13(31-22(23)24)8-16(26)21(29)30/h2-7,13,16,22H,8-10H2,1H3,(H,25,28)(H,29,30)/t13-,16+/m1/s1. The number of hydrogen-bond acceptors (Lipinski definition) is 5. The minimum Gasteiger partial charge on any atom is -0.480 e. The number of benzene rings is 2. The first-order valence-electron chi connectivity index (χ1n) is 9.90. The molecule has 0 unspecified atom stereocenters. The Balaban J connectivity index is 1.46. The third kappa shape index (κ3) is 4.26. The van der Waals surface area contributed by atoms with Crippen LogP contribution < -0.4 is 5.32 Å². The third-order valence-corrected chi connectivity index (χ3v) is 5.45. The highest BCUT2D eigenvalue weighted by molar-refractivity contribution is 6.08. The summed E-state index contributed by atoms with van der Waals surface area (Å²) in [5, 5.41) is 13.4. The monoisotopic (exact) mass is 446 g/mol. The Morgan fingerprint density at radius 2 is 1.88 bits per heavy atom. The quantitative estimate of drug-likeness (QED) is 0.603. The van der Waals surface area contributed by atoms with Gasteiger partial charge in [0.05, 0.1) is 12.6 Å². The number of alkyl halides is 2. The van der Waals surface area contributed by atoms with E-state index in [4.69, 9.17) is 4.42 Å². The van der Waals surface area contributed by atoms with E-state index in [1.807, 2.05) is 25.1 Å². The van der Waals surface area contributed by atoms with E-state index in [9.17, 15) is 28.3 Å². The molecular weight excluding hydrogens is 426 g/mol. The van der Waals surface area contributed by atoms with Gasteiger partial charge in [-0.1, -0.05) is 11.6 Å². The molecule has 2 N–H and O–H groups in total. The number of halogens is 2. The van der Waals surface area contributed by atoms with Crippen molar-refractivity contribution < 1.29 is 37.4 Å². The molecule has 1 aromatic heterocycles. The number of aliphatic carboxylic acids is 1. The smallest absolute Gasteiger partial charge is 0.345 e. The number of hydrogen-bond donors (Lipinski definition) is 2. The number of likely N-dealkylation sites (tertiary alicyclic amines) is 1. The molecule has 1 aliphatic rings. The highest BCUT2D eigenvalue weighted by atomic mass is 19.3. The molecule has 2 atom stereocenters. The number of carbonyl (C=O) groups excluding carboxylic acids is 2. The lowest BCUT2D eigenvalue weighted by atomic mass is 10.1. The van der Waals surface area contributed by atoms with Gasteiger partial charge in [0, 0.05) is 29.3 Å². The maximum absolute atomic E-state index is 12.6. The van der Waals surface area contributed by atoms with Crippen molar-refractivity contribution >= 4 is 39.7 Å². The molecule has 0 saturated carbocycles. The highest BCUT2D eigenvalue weighted by Gasteiger charge is 2.41. The van der Waals surface area contributed by atoms with Gasteiger partial charge in [0.1, 0.15) is 17.2 Å². The van der Waals surface area contributed by atoms with Gasteiger partial charge in [-0.15, -0.1) is 0 Å². The summed E-state index contributed by atoms with van der Waals surface area (Å²) in [6, 6.07) is 9.30. The second-order valence-electron chi connectivity index (χ2n) is 7.65. The van der Waals surface area contributed by atoms with Crippen molar-refractivity contribution in [2.45, 2.75) is 32.1 Å². The van der Waals surface area contributed by atoms with Gasteiger partial charge in [0.2, 0.25) is 5.91 Å². The van der Waals surface area contributed by atoms with Gasteiger partial charge in [0.25, 0.3) is 5.91 Å². The van der Waals surface area contributed by atoms with Crippen molar-refractivity contribution in [2.24, 2.45) is 0 Å². The van der Waals surface area contributed by atoms with Crippen LogP contribution in [-0.4, -0.2) is 59.6 Å². The van der Waals surface area contributed by atoms with E-state index in [-0.39, 0.29) is 13.0 Å². The van der Waals surface area contributed by atoms with Gasteiger partial charge < -0.3 is 24.5 Å². The largest absolute Gasteiger partial charge is 0.480 e. The minimum absolute atomic E-state index is 0.247. The zero-order valence-electron chi connectivity index (χ0n) is 17.0. The number of amides is 2.